The fourth-order valence-corrected chi connectivity index (χ4v) is 2.11. The number of carboxylic acid groups (broad SMARTS) is 1. The van der Waals surface area contributed by atoms with E-state index < -0.39 is 5.97 Å². The highest BCUT2D eigenvalue weighted by Crippen LogP contribution is 2.37. The predicted molar refractivity (Wildman–Crippen MR) is 54.7 cm³/mol. The molecule has 0 radical (unpaired) electrons. The number of halogens is 1. The molecule has 2 rings (SSSR count). The van der Waals surface area contributed by atoms with Crippen LogP contribution in [0.3, 0.4) is 0 Å². The molecule has 0 saturated heterocycles. The molecule has 1 atom stereocenters. The van der Waals surface area contributed by atoms with Crippen molar-refractivity contribution in [3.05, 3.63) is 29.6 Å². The molecule has 4 heteroatoms. The lowest BCUT2D eigenvalue weighted by molar-refractivity contribution is -0.137. The molecule has 0 aromatic heterocycles. The maximum atomic E-state index is 13.0. The van der Waals surface area contributed by atoms with E-state index in [0.29, 0.717) is 6.54 Å². The standard InChI is InChI=1S/C11H12FNO2/c1-13-6-7(4-11(14)15)9-3-2-8(12)5-10(9)13/h2-3,5,7H,4,6H2,1H3,(H,14,15). The van der Waals surface area contributed by atoms with Crippen molar-refractivity contribution >= 4 is 11.7 Å². The number of likely N-dealkylation sites (N-methyl/N-ethyl adjacent to an activating group) is 1. The molecule has 0 fully saturated rings. The van der Waals surface area contributed by atoms with Gasteiger partial charge in [-0.1, -0.05) is 6.07 Å². The summed E-state index contributed by atoms with van der Waals surface area (Å²) in [6.45, 7) is 0.644. The monoisotopic (exact) mass is 209 g/mol. The first-order chi connectivity index (χ1) is 7.08. The first-order valence-electron chi connectivity index (χ1n) is 4.80. The minimum Gasteiger partial charge on any atom is -0.481 e. The van der Waals surface area contributed by atoms with Gasteiger partial charge in [-0.2, -0.15) is 0 Å². The molecular formula is C11H12FNO2. The molecule has 1 aliphatic rings. The van der Waals surface area contributed by atoms with Crippen molar-refractivity contribution in [1.29, 1.82) is 0 Å². The van der Waals surface area contributed by atoms with Crippen LogP contribution >= 0.6 is 0 Å². The highest BCUT2D eigenvalue weighted by molar-refractivity contribution is 5.71. The van der Waals surface area contributed by atoms with Crippen LogP contribution in [0, 0.1) is 5.82 Å². The van der Waals surface area contributed by atoms with Crippen LogP contribution in [-0.2, 0) is 4.79 Å². The van der Waals surface area contributed by atoms with E-state index in [-0.39, 0.29) is 18.2 Å². The van der Waals surface area contributed by atoms with Gasteiger partial charge in [-0.15, -0.1) is 0 Å². The van der Waals surface area contributed by atoms with Gasteiger partial charge < -0.3 is 10.0 Å². The highest BCUT2D eigenvalue weighted by atomic mass is 19.1. The Morgan fingerprint density at radius 3 is 3.07 bits per heavy atom. The van der Waals surface area contributed by atoms with E-state index >= 15 is 0 Å². The van der Waals surface area contributed by atoms with Gasteiger partial charge in [-0.25, -0.2) is 4.39 Å². The molecule has 1 aliphatic heterocycles. The molecule has 80 valence electrons. The summed E-state index contributed by atoms with van der Waals surface area (Å²) in [5.41, 5.74) is 1.74. The second-order valence-electron chi connectivity index (χ2n) is 3.88. The second-order valence-corrected chi connectivity index (χ2v) is 3.88. The van der Waals surface area contributed by atoms with Gasteiger partial charge in [0, 0.05) is 25.2 Å². The SMILES string of the molecule is CN1CC(CC(=O)O)c2ccc(F)cc21. The highest BCUT2D eigenvalue weighted by Gasteiger charge is 2.28. The third kappa shape index (κ3) is 1.79. The predicted octanol–water partition coefficient (Wildman–Crippen LogP) is 1.83. The van der Waals surface area contributed by atoms with Crippen LogP contribution in [0.4, 0.5) is 10.1 Å². The van der Waals surface area contributed by atoms with Crippen LogP contribution in [-0.4, -0.2) is 24.7 Å². The van der Waals surface area contributed by atoms with Crippen molar-refractivity contribution in [1.82, 2.24) is 0 Å². The number of hydrogen-bond donors (Lipinski definition) is 1. The largest absolute Gasteiger partial charge is 0.481 e. The Balaban J connectivity index is 2.33. The molecule has 0 spiro atoms. The fourth-order valence-electron chi connectivity index (χ4n) is 2.11. The van der Waals surface area contributed by atoms with Gasteiger partial charge in [-0.3, -0.25) is 4.79 Å². The smallest absolute Gasteiger partial charge is 0.304 e. The lowest BCUT2D eigenvalue weighted by Gasteiger charge is -2.11. The Kier molecular flexibility index (Phi) is 2.34. The Bertz CT molecular complexity index is 406. The topological polar surface area (TPSA) is 40.5 Å². The molecule has 0 bridgehead atoms. The van der Waals surface area contributed by atoms with Gasteiger partial charge in [0.2, 0.25) is 0 Å². The van der Waals surface area contributed by atoms with Gasteiger partial charge >= 0.3 is 5.97 Å². The fraction of sp³-hybridized carbons (Fsp3) is 0.364. The third-order valence-electron chi connectivity index (χ3n) is 2.76. The molecule has 1 aromatic rings. The summed E-state index contributed by atoms with van der Waals surface area (Å²) < 4.78 is 13.0. The number of hydrogen-bond acceptors (Lipinski definition) is 2. The van der Waals surface area contributed by atoms with E-state index in [4.69, 9.17) is 5.11 Å². The van der Waals surface area contributed by atoms with Crippen molar-refractivity contribution < 1.29 is 14.3 Å². The van der Waals surface area contributed by atoms with Crippen molar-refractivity contribution in [2.75, 3.05) is 18.5 Å². The summed E-state index contributed by atoms with van der Waals surface area (Å²) >= 11 is 0. The first kappa shape index (κ1) is 9.96. The second kappa shape index (κ2) is 3.53. The lowest BCUT2D eigenvalue weighted by Crippen LogP contribution is -2.16. The van der Waals surface area contributed by atoms with Crippen molar-refractivity contribution in [3.63, 3.8) is 0 Å². The van der Waals surface area contributed by atoms with Crippen LogP contribution in [0.25, 0.3) is 0 Å². The minimum atomic E-state index is -0.814. The van der Waals surface area contributed by atoms with Crippen LogP contribution < -0.4 is 4.90 Å². The lowest BCUT2D eigenvalue weighted by atomic mass is 9.98. The number of fused-ring (bicyclic) bond motifs is 1. The molecule has 1 aromatic carbocycles. The van der Waals surface area contributed by atoms with Crippen LogP contribution in [0.15, 0.2) is 18.2 Å². The molecule has 1 unspecified atom stereocenters. The third-order valence-corrected chi connectivity index (χ3v) is 2.76. The normalized spacial score (nSPS) is 19.1. The van der Waals surface area contributed by atoms with Crippen LogP contribution in [0.2, 0.25) is 0 Å². The van der Waals surface area contributed by atoms with Gasteiger partial charge in [-0.05, 0) is 17.7 Å². The summed E-state index contributed by atoms with van der Waals surface area (Å²) in [6.07, 6.45) is 0.100. The zero-order valence-corrected chi connectivity index (χ0v) is 8.40. The Morgan fingerprint density at radius 2 is 2.40 bits per heavy atom. The Morgan fingerprint density at radius 1 is 1.67 bits per heavy atom. The van der Waals surface area contributed by atoms with Crippen molar-refractivity contribution in [2.24, 2.45) is 0 Å². The average Bonchev–Trinajstić information content (AvgIpc) is 2.42. The average molecular weight is 209 g/mol. The Labute approximate surface area is 87.1 Å². The molecular weight excluding hydrogens is 197 g/mol. The van der Waals surface area contributed by atoms with Crippen LogP contribution in [0.5, 0.6) is 0 Å². The molecule has 0 saturated carbocycles. The van der Waals surface area contributed by atoms with Crippen molar-refractivity contribution in [2.45, 2.75) is 12.3 Å². The van der Waals surface area contributed by atoms with Gasteiger partial charge in [0.15, 0.2) is 0 Å². The number of benzene rings is 1. The van der Waals surface area contributed by atoms with E-state index in [1.807, 2.05) is 11.9 Å². The molecule has 0 aliphatic carbocycles. The summed E-state index contributed by atoms with van der Waals surface area (Å²) in [7, 11) is 1.85. The van der Waals surface area contributed by atoms with E-state index in [1.54, 1.807) is 6.07 Å². The molecule has 1 N–H and O–H groups in total. The summed E-state index contributed by atoms with van der Waals surface area (Å²) in [4.78, 5) is 12.5. The summed E-state index contributed by atoms with van der Waals surface area (Å²) in [5.74, 6) is -1.12. The van der Waals surface area contributed by atoms with Crippen LogP contribution in [0.1, 0.15) is 17.9 Å². The van der Waals surface area contributed by atoms with E-state index in [0.717, 1.165) is 11.3 Å². The number of rotatable bonds is 2. The van der Waals surface area contributed by atoms with Gasteiger partial charge in [0.25, 0.3) is 0 Å². The maximum Gasteiger partial charge on any atom is 0.304 e. The zero-order chi connectivity index (χ0) is 11.0. The van der Waals surface area contributed by atoms with Crippen molar-refractivity contribution in [3.8, 4) is 0 Å². The molecule has 1 heterocycles. The van der Waals surface area contributed by atoms with Gasteiger partial charge in [0.05, 0.1) is 6.42 Å². The summed E-state index contributed by atoms with van der Waals surface area (Å²) in [6, 6.07) is 4.52. The minimum absolute atomic E-state index is 0.0249. The zero-order valence-electron chi connectivity index (χ0n) is 8.40. The summed E-state index contributed by atoms with van der Waals surface area (Å²) in [5, 5.41) is 8.75. The van der Waals surface area contributed by atoms with E-state index in [1.165, 1.54) is 12.1 Å². The molecule has 15 heavy (non-hydrogen) atoms. The van der Waals surface area contributed by atoms with E-state index in [9.17, 15) is 9.18 Å². The van der Waals surface area contributed by atoms with Gasteiger partial charge in [0.1, 0.15) is 5.82 Å². The van der Waals surface area contributed by atoms with E-state index in [2.05, 4.69) is 0 Å². The number of carboxylic acids is 1. The number of aliphatic carboxylic acids is 1. The molecule has 3 nitrogen and oxygen atoms in total. The number of carbonyl (C=O) groups is 1. The first-order valence-corrected chi connectivity index (χ1v) is 4.80. The maximum absolute atomic E-state index is 13.0. The number of anilines is 1. The number of nitrogens with zero attached hydrogens (tertiary/aromatic N) is 1. The Hall–Kier alpha value is -1.58. The quantitative estimate of drug-likeness (QED) is 0.807. The molecule has 0 amide bonds.